The van der Waals surface area contributed by atoms with E-state index in [9.17, 15) is 14.4 Å². The van der Waals surface area contributed by atoms with Gasteiger partial charge < -0.3 is 27.6 Å². The molecular formula is C25H42NNaO10S. The molecule has 0 aromatic heterocycles. The minimum atomic E-state index is -4.67. The Bertz CT molecular complexity index is 850. The molecule has 0 spiro atoms. The molecule has 214 valence electrons. The molecule has 1 aromatic carbocycles. The minimum absolute atomic E-state index is 0. The van der Waals surface area contributed by atoms with E-state index in [2.05, 4.69) is 13.8 Å². The molecule has 1 rings (SSSR count). The van der Waals surface area contributed by atoms with Gasteiger partial charge in [-0.15, -0.1) is 0 Å². The second kappa shape index (κ2) is 24.5. The first-order valence-corrected chi connectivity index (χ1v) is 13.6. The van der Waals surface area contributed by atoms with Crippen molar-refractivity contribution in [3.63, 3.8) is 0 Å². The van der Waals surface area contributed by atoms with Crippen LogP contribution in [0, 0.1) is 6.92 Å². The van der Waals surface area contributed by atoms with Crippen molar-refractivity contribution in [1.29, 1.82) is 0 Å². The van der Waals surface area contributed by atoms with Gasteiger partial charge in [0.25, 0.3) is 0 Å². The van der Waals surface area contributed by atoms with E-state index in [1.165, 1.54) is 57.8 Å². The van der Waals surface area contributed by atoms with Gasteiger partial charge >= 0.3 is 57.9 Å². The number of esters is 1. The minimum Gasteiger partial charge on any atom is -0.481 e. The van der Waals surface area contributed by atoms with Crippen LogP contribution in [0.25, 0.3) is 0 Å². The first-order chi connectivity index (χ1) is 17.3. The number of carboxylic acids is 2. The van der Waals surface area contributed by atoms with Gasteiger partial charge in [0, 0.05) is 6.42 Å². The van der Waals surface area contributed by atoms with Crippen LogP contribution >= 0.6 is 0 Å². The molecule has 6 N–H and O–H groups in total. The number of unbranched alkanes of at least 4 members (excludes halogenated alkanes) is 9. The van der Waals surface area contributed by atoms with Gasteiger partial charge in [-0.3, -0.25) is 13.9 Å². The smallest absolute Gasteiger partial charge is 0.481 e. The van der Waals surface area contributed by atoms with Crippen LogP contribution in [0.1, 0.15) is 89.5 Å². The SMILES string of the molecule is NC(CCC(=O)O)(C(=O)O)C(=O)OCc1ccccc1.O=S(=O)(O)O.[CH2-]CCCCCCCCCCC.[Na+]. The van der Waals surface area contributed by atoms with E-state index in [0.717, 1.165) is 6.42 Å². The van der Waals surface area contributed by atoms with Crippen molar-refractivity contribution in [1.82, 2.24) is 0 Å². The zero-order valence-electron chi connectivity index (χ0n) is 22.5. The number of hydrogen-bond acceptors (Lipinski definition) is 7. The molecule has 0 aliphatic carbocycles. The molecule has 1 atom stereocenters. The average molecular weight is 572 g/mol. The Labute approximate surface area is 248 Å². The van der Waals surface area contributed by atoms with Crippen molar-refractivity contribution in [3.05, 3.63) is 42.8 Å². The predicted octanol–water partition coefficient (Wildman–Crippen LogP) is 1.47. The summed E-state index contributed by atoms with van der Waals surface area (Å²) in [5.74, 6) is -4.01. The molecule has 13 heteroatoms. The molecule has 0 saturated carbocycles. The molecule has 0 fully saturated rings. The maximum Gasteiger partial charge on any atom is 1.00 e. The van der Waals surface area contributed by atoms with E-state index in [0.29, 0.717) is 5.56 Å². The molecule has 1 unspecified atom stereocenters. The molecule has 0 amide bonds. The molecule has 11 nitrogen and oxygen atoms in total. The van der Waals surface area contributed by atoms with Gasteiger partial charge in [-0.1, -0.05) is 95.0 Å². The van der Waals surface area contributed by atoms with Gasteiger partial charge in [0.15, 0.2) is 0 Å². The van der Waals surface area contributed by atoms with Crippen LogP contribution < -0.4 is 35.3 Å². The second-order valence-corrected chi connectivity index (χ2v) is 9.26. The van der Waals surface area contributed by atoms with Crippen molar-refractivity contribution in [3.8, 4) is 0 Å². The van der Waals surface area contributed by atoms with Crippen LogP contribution in [0.3, 0.4) is 0 Å². The molecule has 0 aliphatic rings. The Morgan fingerprint density at radius 1 is 0.921 bits per heavy atom. The number of nitrogens with two attached hydrogens (primary N) is 1. The van der Waals surface area contributed by atoms with Crippen LogP contribution in [-0.4, -0.2) is 51.2 Å². The summed E-state index contributed by atoms with van der Waals surface area (Å²) in [6.45, 7) is 5.99. The Balaban J connectivity index is -0.000000579. The quantitative estimate of drug-likeness (QED) is 0.0480. The van der Waals surface area contributed by atoms with E-state index in [4.69, 9.17) is 38.2 Å². The van der Waals surface area contributed by atoms with Crippen LogP contribution in [0.2, 0.25) is 0 Å². The largest absolute Gasteiger partial charge is 1.00 e. The van der Waals surface area contributed by atoms with Gasteiger partial charge in [-0.25, -0.2) is 9.59 Å². The van der Waals surface area contributed by atoms with E-state index in [1.54, 1.807) is 30.3 Å². The fourth-order valence-corrected chi connectivity index (χ4v) is 2.94. The number of carboxylic acid groups (broad SMARTS) is 2. The fourth-order valence-electron chi connectivity index (χ4n) is 2.94. The second-order valence-electron chi connectivity index (χ2n) is 8.36. The van der Waals surface area contributed by atoms with Crippen LogP contribution in [0.5, 0.6) is 0 Å². The molecule has 0 heterocycles. The summed E-state index contributed by atoms with van der Waals surface area (Å²) in [5.41, 5.74) is 3.78. The Morgan fingerprint density at radius 3 is 1.76 bits per heavy atom. The number of rotatable bonds is 16. The number of carbonyl (C=O) groups excluding carboxylic acids is 1. The molecule has 0 saturated heterocycles. The zero-order chi connectivity index (χ0) is 28.7. The number of benzene rings is 1. The van der Waals surface area contributed by atoms with Crippen molar-refractivity contribution in [2.45, 2.75) is 96.1 Å². The third-order valence-corrected chi connectivity index (χ3v) is 5.05. The summed E-state index contributed by atoms with van der Waals surface area (Å²) in [4.78, 5) is 33.3. The van der Waals surface area contributed by atoms with Gasteiger partial charge in [0.2, 0.25) is 5.54 Å². The first-order valence-electron chi connectivity index (χ1n) is 12.2. The van der Waals surface area contributed by atoms with Crippen molar-refractivity contribution >= 4 is 28.3 Å². The number of carbonyl (C=O) groups is 3. The third-order valence-electron chi connectivity index (χ3n) is 5.05. The summed E-state index contributed by atoms with van der Waals surface area (Å²) in [5, 5.41) is 17.5. The van der Waals surface area contributed by atoms with Crippen molar-refractivity contribution < 1.29 is 76.4 Å². The molecule has 0 aliphatic heterocycles. The topological polar surface area (TPSA) is 202 Å². The predicted molar refractivity (Wildman–Crippen MR) is 139 cm³/mol. The third kappa shape index (κ3) is 26.1. The molecule has 1 aromatic rings. The summed E-state index contributed by atoms with van der Waals surface area (Å²) in [6.07, 6.45) is 12.8. The molecule has 38 heavy (non-hydrogen) atoms. The van der Waals surface area contributed by atoms with Crippen LogP contribution in [-0.2, 0) is 36.1 Å². The van der Waals surface area contributed by atoms with Gasteiger partial charge in [-0.05, 0) is 12.0 Å². The molecule has 0 radical (unpaired) electrons. The first kappa shape index (κ1) is 40.9. The monoisotopic (exact) mass is 571 g/mol. The van der Waals surface area contributed by atoms with E-state index < -0.39 is 46.7 Å². The Hall–Kier alpha value is -1.54. The van der Waals surface area contributed by atoms with Crippen LogP contribution in [0.15, 0.2) is 30.3 Å². The number of aliphatic carboxylic acids is 2. The molecular weight excluding hydrogens is 529 g/mol. The van der Waals surface area contributed by atoms with Crippen molar-refractivity contribution in [2.75, 3.05) is 0 Å². The van der Waals surface area contributed by atoms with Gasteiger partial charge in [0.1, 0.15) is 6.61 Å². The Kier molecular flexibility index (Phi) is 26.4. The Morgan fingerprint density at radius 2 is 1.37 bits per heavy atom. The maximum absolute atomic E-state index is 11.8. The molecule has 0 bridgehead atoms. The van der Waals surface area contributed by atoms with Gasteiger partial charge in [0.05, 0.1) is 0 Å². The standard InChI is InChI=1S/C13H15NO6.C12H25.Na.H2O4S/c14-13(11(17)18,7-6-10(15)16)12(19)20-8-9-4-2-1-3-5-9;1-3-5-7-9-11-12-10-8-6-4-2;;1-5(2,3)4/h1-5H,6-8,14H2,(H,15,16)(H,17,18);1,3-12H2,2H3;;(H2,1,2,3,4)/q;-1;+1;. The summed E-state index contributed by atoms with van der Waals surface area (Å²) >= 11 is 0. The van der Waals surface area contributed by atoms with Crippen molar-refractivity contribution in [2.24, 2.45) is 5.73 Å². The van der Waals surface area contributed by atoms with E-state index in [1.807, 2.05) is 0 Å². The fraction of sp³-hybridized carbons (Fsp3) is 0.600. The maximum atomic E-state index is 11.8. The van der Waals surface area contributed by atoms with Crippen LogP contribution in [0.4, 0.5) is 0 Å². The summed E-state index contributed by atoms with van der Waals surface area (Å²) in [6, 6.07) is 8.65. The summed E-state index contributed by atoms with van der Waals surface area (Å²) < 4.78 is 36.4. The number of hydrogen-bond donors (Lipinski definition) is 5. The van der Waals surface area contributed by atoms with E-state index >= 15 is 0 Å². The normalized spacial score (nSPS) is 11.8. The average Bonchev–Trinajstić information content (AvgIpc) is 2.82. The summed E-state index contributed by atoms with van der Waals surface area (Å²) in [7, 11) is -4.67. The van der Waals surface area contributed by atoms with E-state index in [-0.39, 0.29) is 36.2 Å². The number of ether oxygens (including phenoxy) is 1. The van der Waals surface area contributed by atoms with Gasteiger partial charge in [-0.2, -0.15) is 14.8 Å². The zero-order valence-corrected chi connectivity index (χ0v) is 25.3.